The van der Waals surface area contributed by atoms with E-state index < -0.39 is 0 Å². The average Bonchev–Trinajstić information content (AvgIpc) is 3.47. The predicted molar refractivity (Wildman–Crippen MR) is 108 cm³/mol. The Balaban J connectivity index is 1.23. The van der Waals surface area contributed by atoms with Crippen LogP contribution in [0.2, 0.25) is 0 Å². The van der Waals surface area contributed by atoms with Gasteiger partial charge in [0.2, 0.25) is 5.91 Å². The molecule has 6 nitrogen and oxygen atoms in total. The molecule has 3 fully saturated rings. The van der Waals surface area contributed by atoms with E-state index in [0.717, 1.165) is 61.9 Å². The summed E-state index contributed by atoms with van der Waals surface area (Å²) in [5, 5.41) is 4.73. The van der Waals surface area contributed by atoms with Gasteiger partial charge in [0.15, 0.2) is 5.82 Å². The number of anilines is 1. The molecule has 1 aliphatic carbocycles. The number of hydrogen-bond acceptors (Lipinski definition) is 5. The van der Waals surface area contributed by atoms with Crippen LogP contribution in [0.4, 0.5) is 5.82 Å². The summed E-state index contributed by atoms with van der Waals surface area (Å²) in [6.45, 7) is 3.81. The zero-order chi connectivity index (χ0) is 18.2. The molecule has 0 aromatic carbocycles. The number of thioether (sulfide) groups is 1. The van der Waals surface area contributed by atoms with Gasteiger partial charge >= 0.3 is 0 Å². The van der Waals surface area contributed by atoms with Crippen molar-refractivity contribution in [3.63, 3.8) is 0 Å². The lowest BCUT2D eigenvalue weighted by Crippen LogP contribution is -2.40. The normalized spacial score (nSPS) is 21.8. The lowest BCUT2D eigenvalue weighted by atomic mass is 9.93. The van der Waals surface area contributed by atoms with E-state index in [9.17, 15) is 4.79 Å². The number of fused-ring (bicyclic) bond motifs is 1. The summed E-state index contributed by atoms with van der Waals surface area (Å²) in [6, 6.07) is 2.23. The Labute approximate surface area is 164 Å². The summed E-state index contributed by atoms with van der Waals surface area (Å²) in [5.41, 5.74) is 2.34. The first kappa shape index (κ1) is 17.3. The first-order chi connectivity index (χ1) is 13.3. The standard InChI is InChI=1S/C20H27N5OS/c26-19(23-9-11-27-12-10-23)13-15-3-6-24(7-4-15)20-18-14-17(16-1-2-16)22-25(18)8-5-21-20/h5,8,14-16H,1-4,6-7,9-13H2. The molecular formula is C20H27N5OS. The van der Waals surface area contributed by atoms with Gasteiger partial charge in [-0.15, -0.1) is 0 Å². The van der Waals surface area contributed by atoms with Crippen LogP contribution < -0.4 is 4.90 Å². The predicted octanol–water partition coefficient (Wildman–Crippen LogP) is 2.79. The molecule has 0 unspecified atom stereocenters. The molecule has 4 heterocycles. The highest BCUT2D eigenvalue weighted by atomic mass is 32.2. The highest BCUT2D eigenvalue weighted by molar-refractivity contribution is 7.99. The first-order valence-corrected chi connectivity index (χ1v) is 11.4. The molecule has 1 saturated carbocycles. The zero-order valence-electron chi connectivity index (χ0n) is 15.7. The molecule has 2 aromatic rings. The van der Waals surface area contributed by atoms with E-state index in [1.807, 2.05) is 28.7 Å². The number of carbonyl (C=O) groups excluding carboxylic acids is 1. The second-order valence-electron chi connectivity index (χ2n) is 8.05. The fourth-order valence-electron chi connectivity index (χ4n) is 4.29. The molecule has 0 bridgehead atoms. The van der Waals surface area contributed by atoms with Crippen molar-refractivity contribution < 1.29 is 4.79 Å². The molecule has 2 aliphatic heterocycles. The largest absolute Gasteiger partial charge is 0.355 e. The van der Waals surface area contributed by atoms with Gasteiger partial charge in [-0.1, -0.05) is 0 Å². The molecule has 2 saturated heterocycles. The number of rotatable bonds is 4. The molecule has 0 atom stereocenters. The van der Waals surface area contributed by atoms with E-state index in [1.165, 1.54) is 18.5 Å². The lowest BCUT2D eigenvalue weighted by molar-refractivity contribution is -0.132. The monoisotopic (exact) mass is 385 g/mol. The van der Waals surface area contributed by atoms with Crippen LogP contribution in [-0.4, -0.2) is 63.1 Å². The van der Waals surface area contributed by atoms with Crippen LogP contribution in [0.25, 0.3) is 5.52 Å². The van der Waals surface area contributed by atoms with Crippen molar-refractivity contribution >= 4 is 29.0 Å². The number of nitrogens with zero attached hydrogens (tertiary/aromatic N) is 5. The molecule has 3 aliphatic rings. The molecule has 2 aromatic heterocycles. The van der Waals surface area contributed by atoms with Crippen molar-refractivity contribution in [3.05, 3.63) is 24.2 Å². The molecule has 5 rings (SSSR count). The maximum absolute atomic E-state index is 12.5. The lowest BCUT2D eigenvalue weighted by Gasteiger charge is -2.34. The second kappa shape index (κ2) is 7.34. The summed E-state index contributed by atoms with van der Waals surface area (Å²) in [5.74, 6) is 4.76. The van der Waals surface area contributed by atoms with E-state index in [1.54, 1.807) is 0 Å². The Bertz CT molecular complexity index is 819. The topological polar surface area (TPSA) is 53.7 Å². The molecule has 0 spiro atoms. The van der Waals surface area contributed by atoms with Crippen molar-refractivity contribution in [1.82, 2.24) is 19.5 Å². The van der Waals surface area contributed by atoms with Gasteiger partial charge in [0.1, 0.15) is 5.52 Å². The molecule has 7 heteroatoms. The average molecular weight is 386 g/mol. The van der Waals surface area contributed by atoms with Crippen LogP contribution in [0.3, 0.4) is 0 Å². The Kier molecular flexibility index (Phi) is 4.71. The molecular weight excluding hydrogens is 358 g/mol. The summed E-state index contributed by atoms with van der Waals surface area (Å²) < 4.78 is 1.99. The van der Waals surface area contributed by atoms with E-state index in [-0.39, 0.29) is 0 Å². The minimum Gasteiger partial charge on any atom is -0.355 e. The summed E-state index contributed by atoms with van der Waals surface area (Å²) in [6.07, 6.45) is 9.20. The van der Waals surface area contributed by atoms with Gasteiger partial charge in [0, 0.05) is 62.4 Å². The Morgan fingerprint density at radius 1 is 1.11 bits per heavy atom. The van der Waals surface area contributed by atoms with Crippen LogP contribution >= 0.6 is 11.8 Å². The fraction of sp³-hybridized carbons (Fsp3) is 0.650. The fourth-order valence-corrected chi connectivity index (χ4v) is 5.19. The highest BCUT2D eigenvalue weighted by Gasteiger charge is 2.29. The van der Waals surface area contributed by atoms with Gasteiger partial charge in [0.25, 0.3) is 0 Å². The summed E-state index contributed by atoms with van der Waals surface area (Å²) in [7, 11) is 0. The van der Waals surface area contributed by atoms with Crippen LogP contribution in [0.1, 0.15) is 43.7 Å². The third-order valence-corrected chi connectivity index (χ3v) is 7.07. The summed E-state index contributed by atoms with van der Waals surface area (Å²) >= 11 is 1.95. The van der Waals surface area contributed by atoms with Crippen molar-refractivity contribution in [1.29, 1.82) is 0 Å². The van der Waals surface area contributed by atoms with E-state index in [2.05, 4.69) is 20.9 Å². The van der Waals surface area contributed by atoms with Crippen LogP contribution in [0.5, 0.6) is 0 Å². The maximum Gasteiger partial charge on any atom is 0.222 e. The Morgan fingerprint density at radius 2 is 1.89 bits per heavy atom. The molecule has 27 heavy (non-hydrogen) atoms. The van der Waals surface area contributed by atoms with Crippen LogP contribution in [-0.2, 0) is 4.79 Å². The molecule has 0 radical (unpaired) electrons. The Hall–Kier alpha value is -1.76. The smallest absolute Gasteiger partial charge is 0.222 e. The van der Waals surface area contributed by atoms with Crippen LogP contribution in [0.15, 0.2) is 18.5 Å². The molecule has 144 valence electrons. The van der Waals surface area contributed by atoms with E-state index in [0.29, 0.717) is 24.2 Å². The third-order valence-electron chi connectivity index (χ3n) is 6.13. The third kappa shape index (κ3) is 3.66. The minimum absolute atomic E-state index is 0.360. The number of amides is 1. The van der Waals surface area contributed by atoms with Gasteiger partial charge < -0.3 is 9.80 Å². The van der Waals surface area contributed by atoms with Gasteiger partial charge in [-0.25, -0.2) is 9.50 Å². The van der Waals surface area contributed by atoms with Crippen molar-refractivity contribution in [2.24, 2.45) is 5.92 Å². The number of carbonyl (C=O) groups is 1. The second-order valence-corrected chi connectivity index (χ2v) is 9.28. The maximum atomic E-state index is 12.5. The molecule has 1 amide bonds. The van der Waals surface area contributed by atoms with Gasteiger partial charge in [0.05, 0.1) is 5.69 Å². The Morgan fingerprint density at radius 3 is 2.63 bits per heavy atom. The SMILES string of the molecule is O=C(CC1CCN(c2nccn3nc(C4CC4)cc23)CC1)N1CCSCC1. The number of hydrogen-bond donors (Lipinski definition) is 0. The van der Waals surface area contributed by atoms with Gasteiger partial charge in [-0.05, 0) is 37.7 Å². The highest BCUT2D eigenvalue weighted by Crippen LogP contribution is 2.40. The summed E-state index contributed by atoms with van der Waals surface area (Å²) in [4.78, 5) is 21.7. The molecule has 0 N–H and O–H groups in total. The quantitative estimate of drug-likeness (QED) is 0.810. The van der Waals surface area contributed by atoms with Gasteiger partial charge in [-0.2, -0.15) is 16.9 Å². The first-order valence-electron chi connectivity index (χ1n) is 10.2. The zero-order valence-corrected chi connectivity index (χ0v) is 16.5. The van der Waals surface area contributed by atoms with Crippen molar-refractivity contribution in [2.45, 2.75) is 38.0 Å². The van der Waals surface area contributed by atoms with E-state index in [4.69, 9.17) is 5.10 Å². The number of piperidine rings is 1. The number of aromatic nitrogens is 3. The van der Waals surface area contributed by atoms with Gasteiger partial charge in [-0.3, -0.25) is 4.79 Å². The van der Waals surface area contributed by atoms with Crippen molar-refractivity contribution in [2.75, 3.05) is 42.6 Å². The van der Waals surface area contributed by atoms with Crippen LogP contribution in [0, 0.1) is 5.92 Å². The van der Waals surface area contributed by atoms with Crippen molar-refractivity contribution in [3.8, 4) is 0 Å². The van der Waals surface area contributed by atoms with E-state index >= 15 is 0 Å². The minimum atomic E-state index is 0.360.